The van der Waals surface area contributed by atoms with Gasteiger partial charge < -0.3 is 29.7 Å². The van der Waals surface area contributed by atoms with Crippen molar-refractivity contribution in [1.29, 1.82) is 0 Å². The first-order valence-corrected chi connectivity index (χ1v) is 11.2. The van der Waals surface area contributed by atoms with Gasteiger partial charge in [-0.2, -0.15) is 15.0 Å². The van der Waals surface area contributed by atoms with E-state index in [-0.39, 0.29) is 46.3 Å². The van der Waals surface area contributed by atoms with E-state index < -0.39 is 6.43 Å². The van der Waals surface area contributed by atoms with Crippen LogP contribution in [0.25, 0.3) is 11.4 Å². The highest BCUT2D eigenvalue weighted by molar-refractivity contribution is 5.65. The number of pyridine rings is 1. The molecule has 0 radical (unpaired) electrons. The summed E-state index contributed by atoms with van der Waals surface area (Å²) in [4.78, 5) is 22.0. The second kappa shape index (κ2) is 7.79. The van der Waals surface area contributed by atoms with E-state index in [2.05, 4.69) is 26.4 Å². The number of nitrogens with zero attached hydrogens (tertiary/aromatic N) is 6. The third-order valence-electron chi connectivity index (χ3n) is 7.19. The van der Waals surface area contributed by atoms with Gasteiger partial charge in [-0.15, -0.1) is 0 Å². The van der Waals surface area contributed by atoms with Crippen molar-refractivity contribution in [2.75, 3.05) is 55.2 Å². The summed E-state index contributed by atoms with van der Waals surface area (Å²) >= 11 is 0. The van der Waals surface area contributed by atoms with Gasteiger partial charge in [-0.25, -0.2) is 13.8 Å². The predicted octanol–water partition coefficient (Wildman–Crippen LogP) is 1.80. The van der Waals surface area contributed by atoms with Gasteiger partial charge in [0.1, 0.15) is 5.82 Å². The number of alkyl halides is 2. The lowest BCUT2D eigenvalue weighted by atomic mass is 9.69. The van der Waals surface area contributed by atoms with Crippen molar-refractivity contribution in [2.24, 2.45) is 5.41 Å². The molecule has 1 spiro atoms. The zero-order chi connectivity index (χ0) is 23.6. The van der Waals surface area contributed by atoms with Gasteiger partial charge in [-0.05, 0) is 13.0 Å². The number of hydrogen-bond donors (Lipinski definition) is 1. The zero-order valence-corrected chi connectivity index (χ0v) is 18.7. The molecule has 0 saturated carbocycles. The fourth-order valence-electron chi connectivity index (χ4n) is 5.52. The molecule has 4 aliphatic heterocycles. The second-order valence-electron chi connectivity index (χ2n) is 9.26. The lowest BCUT2D eigenvalue weighted by Gasteiger charge is -2.55. The normalized spacial score (nSPS) is 30.5. The Morgan fingerprint density at radius 1 is 1.09 bits per heavy atom. The molecule has 6 rings (SSSR count). The average molecular weight is 473 g/mol. The molecule has 4 aliphatic rings. The van der Waals surface area contributed by atoms with Crippen LogP contribution in [0, 0.1) is 5.41 Å². The van der Waals surface area contributed by atoms with E-state index in [1.165, 1.54) is 6.20 Å². The number of rotatable bonds is 4. The van der Waals surface area contributed by atoms with Crippen LogP contribution in [-0.4, -0.2) is 77.7 Å². The molecule has 6 heterocycles. The third kappa shape index (κ3) is 3.08. The molecule has 34 heavy (non-hydrogen) atoms. The van der Waals surface area contributed by atoms with Crippen molar-refractivity contribution in [3.63, 3.8) is 0 Å². The molecule has 2 aromatic rings. The summed E-state index contributed by atoms with van der Waals surface area (Å²) in [5, 5.41) is 0. The van der Waals surface area contributed by atoms with Crippen molar-refractivity contribution in [2.45, 2.75) is 31.5 Å². The van der Waals surface area contributed by atoms with Crippen molar-refractivity contribution >= 4 is 17.7 Å². The van der Waals surface area contributed by atoms with E-state index in [9.17, 15) is 8.78 Å². The molecular formula is C22H25F2N7O3. The van der Waals surface area contributed by atoms with Gasteiger partial charge in [0, 0.05) is 23.0 Å². The first-order chi connectivity index (χ1) is 16.4. The van der Waals surface area contributed by atoms with Gasteiger partial charge in [-0.3, -0.25) is 0 Å². The summed E-state index contributed by atoms with van der Waals surface area (Å²) in [5.74, 6) is 0.824. The van der Waals surface area contributed by atoms with E-state index in [1.54, 1.807) is 0 Å². The molecule has 2 N–H and O–H groups in total. The monoisotopic (exact) mass is 473 g/mol. The Morgan fingerprint density at radius 2 is 1.79 bits per heavy atom. The first kappa shape index (κ1) is 21.6. The number of anilines is 3. The Bertz CT molecular complexity index is 1130. The van der Waals surface area contributed by atoms with Gasteiger partial charge in [0.05, 0.1) is 63.2 Å². The molecule has 4 fully saturated rings. The molecule has 4 saturated heterocycles. The van der Waals surface area contributed by atoms with Crippen LogP contribution in [0.1, 0.15) is 18.9 Å². The number of morpholine rings is 1. The minimum atomic E-state index is -2.77. The fraction of sp³-hybridized carbons (Fsp3) is 0.545. The predicted molar refractivity (Wildman–Crippen MR) is 118 cm³/mol. The number of hydrogen-bond acceptors (Lipinski definition) is 10. The summed E-state index contributed by atoms with van der Waals surface area (Å²) in [5.41, 5.74) is 6.11. The van der Waals surface area contributed by atoms with E-state index in [4.69, 9.17) is 24.9 Å². The van der Waals surface area contributed by atoms with E-state index >= 15 is 0 Å². The Morgan fingerprint density at radius 3 is 2.47 bits per heavy atom. The molecule has 0 aliphatic carbocycles. The molecule has 2 aromatic heterocycles. The van der Waals surface area contributed by atoms with Crippen LogP contribution in [-0.2, 0) is 14.2 Å². The molecule has 10 nitrogen and oxygen atoms in total. The van der Waals surface area contributed by atoms with E-state index in [0.717, 1.165) is 6.07 Å². The van der Waals surface area contributed by atoms with Gasteiger partial charge >= 0.3 is 0 Å². The molecule has 12 heteroatoms. The van der Waals surface area contributed by atoms with Crippen LogP contribution in [0.4, 0.5) is 26.5 Å². The van der Waals surface area contributed by atoms with Crippen LogP contribution >= 0.6 is 0 Å². The maximum absolute atomic E-state index is 13.9. The standard InChI is InChI=1S/C22H25F2N7O3/c1-11-5-32-6-12(2)30(11)20-27-19(14-4-26-17(25)3-13(14)18(23)24)28-21(29-20)31-15-7-33-9-22(15)10-34-8-16(22)31/h3-4,12,15-16,18H,1,5-10H2,2H3,(H2,25,26). The number of aromatic nitrogens is 4. The van der Waals surface area contributed by atoms with Gasteiger partial charge in [-0.1, -0.05) is 6.58 Å². The van der Waals surface area contributed by atoms with Gasteiger partial charge in [0.25, 0.3) is 6.43 Å². The highest BCUT2D eigenvalue weighted by Crippen LogP contribution is 2.53. The zero-order valence-electron chi connectivity index (χ0n) is 18.7. The Balaban J connectivity index is 1.50. The maximum Gasteiger partial charge on any atom is 0.264 e. The minimum Gasteiger partial charge on any atom is -0.384 e. The van der Waals surface area contributed by atoms with Crippen molar-refractivity contribution in [1.82, 2.24) is 19.9 Å². The third-order valence-corrected chi connectivity index (χ3v) is 7.19. The molecular weight excluding hydrogens is 448 g/mol. The van der Waals surface area contributed by atoms with Gasteiger partial charge in [0.2, 0.25) is 11.9 Å². The number of nitrogen functional groups attached to an aromatic ring is 1. The summed E-state index contributed by atoms with van der Waals surface area (Å²) in [6.45, 7) is 9.15. The highest BCUT2D eigenvalue weighted by Gasteiger charge is 2.67. The van der Waals surface area contributed by atoms with Crippen molar-refractivity contribution in [3.8, 4) is 11.4 Å². The SMILES string of the molecule is C=C1COCC(C)N1c1nc(-c2cnc(N)cc2C(F)F)nc(N2C3COCC34COCC24)n1. The molecule has 0 amide bonds. The topological polar surface area (TPSA) is 112 Å². The van der Waals surface area contributed by atoms with Crippen molar-refractivity contribution < 1.29 is 23.0 Å². The summed E-state index contributed by atoms with van der Waals surface area (Å²) < 4.78 is 45.0. The van der Waals surface area contributed by atoms with Crippen LogP contribution < -0.4 is 15.5 Å². The van der Waals surface area contributed by atoms with Crippen LogP contribution in [0.2, 0.25) is 0 Å². The smallest absolute Gasteiger partial charge is 0.264 e. The molecule has 0 bridgehead atoms. The van der Waals surface area contributed by atoms with Crippen molar-refractivity contribution in [3.05, 3.63) is 30.1 Å². The van der Waals surface area contributed by atoms with E-state index in [0.29, 0.717) is 57.2 Å². The Hall–Kier alpha value is -2.96. The largest absolute Gasteiger partial charge is 0.384 e. The maximum atomic E-state index is 13.9. The average Bonchev–Trinajstić information content (AvgIpc) is 3.34. The lowest BCUT2D eigenvalue weighted by Crippen LogP contribution is -2.71. The molecule has 3 atom stereocenters. The minimum absolute atomic E-state index is 0.00228. The van der Waals surface area contributed by atoms with Crippen LogP contribution in [0.5, 0.6) is 0 Å². The molecule has 180 valence electrons. The first-order valence-electron chi connectivity index (χ1n) is 11.2. The second-order valence-corrected chi connectivity index (χ2v) is 9.26. The van der Waals surface area contributed by atoms with Crippen LogP contribution in [0.15, 0.2) is 24.5 Å². The number of halogens is 2. The fourth-order valence-corrected chi connectivity index (χ4v) is 5.52. The summed E-state index contributed by atoms with van der Waals surface area (Å²) in [7, 11) is 0. The summed E-state index contributed by atoms with van der Waals surface area (Å²) in [6, 6.07) is 1.16. The Labute approximate surface area is 194 Å². The quantitative estimate of drug-likeness (QED) is 0.705. The molecule has 0 aromatic carbocycles. The van der Waals surface area contributed by atoms with Gasteiger partial charge in [0.15, 0.2) is 5.82 Å². The highest BCUT2D eigenvalue weighted by atomic mass is 19.3. The van der Waals surface area contributed by atoms with E-state index in [1.807, 2.05) is 11.8 Å². The number of nitrogens with two attached hydrogens (primary N) is 1. The number of ether oxygens (including phenoxy) is 3. The lowest BCUT2D eigenvalue weighted by molar-refractivity contribution is 0.0968. The summed E-state index contributed by atoms with van der Waals surface area (Å²) in [6.07, 6.45) is -1.49. The Kier molecular flexibility index (Phi) is 4.94. The van der Waals surface area contributed by atoms with Crippen LogP contribution in [0.3, 0.4) is 0 Å². The molecule has 3 unspecified atom stereocenters.